The Morgan fingerprint density at radius 1 is 0.391 bits per heavy atom. The van der Waals surface area contributed by atoms with Gasteiger partial charge in [0.15, 0.2) is 24.6 Å². The van der Waals surface area contributed by atoms with E-state index in [0.29, 0.717) is 19.3 Å². The minimum atomic E-state index is -1.93. The summed E-state index contributed by atoms with van der Waals surface area (Å²) in [5, 5.41) is 31.7. The van der Waals surface area contributed by atoms with E-state index < -0.39 is 67.3 Å². The number of ether oxygens (including phenoxy) is 5. The lowest BCUT2D eigenvalue weighted by atomic mass is 9.98. The average molecular weight is 1210 g/mol. The molecular formula is C75H118O12. The van der Waals surface area contributed by atoms with E-state index in [9.17, 15) is 34.5 Å². The predicted molar refractivity (Wildman–Crippen MR) is 358 cm³/mol. The van der Waals surface area contributed by atoms with Gasteiger partial charge in [0.25, 0.3) is 0 Å². The number of allylic oxidation sites excluding steroid dienone is 24. The number of aliphatic hydroxyl groups excluding tert-OH is 2. The molecule has 1 rings (SSSR count). The van der Waals surface area contributed by atoms with Crippen molar-refractivity contribution in [3.63, 3.8) is 0 Å². The second-order valence-electron chi connectivity index (χ2n) is 22.3. The number of carbonyl (C=O) groups is 4. The van der Waals surface area contributed by atoms with Gasteiger partial charge < -0.3 is 39.0 Å². The minimum Gasteiger partial charge on any atom is -0.479 e. The van der Waals surface area contributed by atoms with Crippen LogP contribution in [0.5, 0.6) is 0 Å². The summed E-state index contributed by atoms with van der Waals surface area (Å²) in [4.78, 5) is 51.5. The van der Waals surface area contributed by atoms with E-state index in [0.717, 1.165) is 173 Å². The molecule has 12 heteroatoms. The third-order valence-electron chi connectivity index (χ3n) is 14.4. The predicted octanol–water partition coefficient (Wildman–Crippen LogP) is 18.7. The van der Waals surface area contributed by atoms with Crippen molar-refractivity contribution < 1.29 is 58.2 Å². The fourth-order valence-corrected chi connectivity index (χ4v) is 9.27. The summed E-state index contributed by atoms with van der Waals surface area (Å²) in [6.45, 7) is 5.71. The Morgan fingerprint density at radius 2 is 0.724 bits per heavy atom. The van der Waals surface area contributed by atoms with Crippen LogP contribution in [0, 0.1) is 0 Å². The van der Waals surface area contributed by atoms with Gasteiger partial charge in [0.1, 0.15) is 18.8 Å². The molecule has 0 bridgehead atoms. The third kappa shape index (κ3) is 50.2. The van der Waals surface area contributed by atoms with Crippen molar-refractivity contribution in [2.75, 3.05) is 13.2 Å². The molecule has 0 amide bonds. The molecule has 3 N–H and O–H groups in total. The zero-order chi connectivity index (χ0) is 63.1. The van der Waals surface area contributed by atoms with Crippen LogP contribution in [0.1, 0.15) is 252 Å². The van der Waals surface area contributed by atoms with Gasteiger partial charge >= 0.3 is 23.9 Å². The first kappa shape index (κ1) is 79.6. The maximum atomic E-state index is 13.2. The number of carboxylic acid groups (broad SMARTS) is 1. The van der Waals surface area contributed by atoms with E-state index in [1.807, 2.05) is 0 Å². The van der Waals surface area contributed by atoms with Crippen molar-refractivity contribution in [2.45, 2.75) is 289 Å². The lowest BCUT2D eigenvalue weighted by Crippen LogP contribution is -2.61. The van der Waals surface area contributed by atoms with Crippen LogP contribution in [-0.2, 0) is 42.9 Å². The minimum absolute atomic E-state index is 0.0326. The lowest BCUT2D eigenvalue weighted by Gasteiger charge is -2.40. The average Bonchev–Trinajstić information content (AvgIpc) is 2.56. The van der Waals surface area contributed by atoms with Crippen LogP contribution in [0.4, 0.5) is 0 Å². The molecule has 0 aliphatic carbocycles. The van der Waals surface area contributed by atoms with Crippen molar-refractivity contribution in [3.8, 4) is 0 Å². The Labute approximate surface area is 527 Å². The maximum Gasteiger partial charge on any atom is 0.335 e. The first-order valence-electron chi connectivity index (χ1n) is 33.8. The highest BCUT2D eigenvalue weighted by molar-refractivity contribution is 5.74. The molecule has 1 aliphatic rings. The number of carboxylic acids is 1. The third-order valence-corrected chi connectivity index (χ3v) is 14.4. The molecule has 490 valence electrons. The van der Waals surface area contributed by atoms with Gasteiger partial charge in [-0.1, -0.05) is 237 Å². The van der Waals surface area contributed by atoms with Gasteiger partial charge in [0, 0.05) is 19.3 Å². The van der Waals surface area contributed by atoms with Crippen molar-refractivity contribution in [2.24, 2.45) is 0 Å². The highest BCUT2D eigenvalue weighted by Gasteiger charge is 2.50. The van der Waals surface area contributed by atoms with Crippen molar-refractivity contribution in [1.82, 2.24) is 0 Å². The van der Waals surface area contributed by atoms with Gasteiger partial charge in [-0.2, -0.15) is 0 Å². The molecule has 0 aromatic carbocycles. The molecule has 0 radical (unpaired) electrons. The molecule has 0 aromatic heterocycles. The monoisotopic (exact) mass is 1210 g/mol. The Morgan fingerprint density at radius 3 is 1.11 bits per heavy atom. The van der Waals surface area contributed by atoms with E-state index >= 15 is 0 Å². The zero-order valence-electron chi connectivity index (χ0n) is 54.2. The van der Waals surface area contributed by atoms with Crippen LogP contribution < -0.4 is 0 Å². The van der Waals surface area contributed by atoms with E-state index in [2.05, 4.69) is 167 Å². The quantitative estimate of drug-likeness (QED) is 0.0228. The highest BCUT2D eigenvalue weighted by Crippen LogP contribution is 2.26. The van der Waals surface area contributed by atoms with Crippen molar-refractivity contribution >= 4 is 23.9 Å². The van der Waals surface area contributed by atoms with Crippen LogP contribution in [-0.4, -0.2) is 89.2 Å². The summed E-state index contributed by atoms with van der Waals surface area (Å²) in [5.41, 5.74) is 0. The second-order valence-corrected chi connectivity index (χ2v) is 22.3. The molecule has 1 aliphatic heterocycles. The van der Waals surface area contributed by atoms with Crippen molar-refractivity contribution in [3.05, 3.63) is 146 Å². The van der Waals surface area contributed by atoms with E-state index in [1.165, 1.54) is 19.3 Å². The summed E-state index contributed by atoms with van der Waals surface area (Å²) in [7, 11) is 0. The van der Waals surface area contributed by atoms with E-state index in [4.69, 9.17) is 23.7 Å². The largest absolute Gasteiger partial charge is 0.479 e. The molecule has 1 fully saturated rings. The normalized spacial score (nSPS) is 18.3. The summed E-state index contributed by atoms with van der Waals surface area (Å²) in [6.07, 6.45) is 75.0. The van der Waals surface area contributed by atoms with Gasteiger partial charge in [-0.15, -0.1) is 0 Å². The highest BCUT2D eigenvalue weighted by atomic mass is 16.7. The Balaban J connectivity index is 2.71. The molecule has 1 saturated heterocycles. The summed E-state index contributed by atoms with van der Waals surface area (Å²) < 4.78 is 28.5. The van der Waals surface area contributed by atoms with Crippen LogP contribution >= 0.6 is 0 Å². The first-order chi connectivity index (χ1) is 42.6. The number of hydrogen-bond acceptors (Lipinski definition) is 11. The van der Waals surface area contributed by atoms with Gasteiger partial charge in [0.05, 0.1) is 6.61 Å². The van der Waals surface area contributed by atoms with Crippen LogP contribution in [0.25, 0.3) is 0 Å². The number of unbranched alkanes of at least 4 members (excludes halogenated alkanes) is 18. The smallest absolute Gasteiger partial charge is 0.335 e. The molecule has 0 saturated carbocycles. The Kier molecular flexibility index (Phi) is 55.7. The summed E-state index contributed by atoms with van der Waals surface area (Å²) in [5.74, 6) is -3.21. The van der Waals surface area contributed by atoms with Crippen LogP contribution in [0.2, 0.25) is 0 Å². The Bertz CT molecular complexity index is 2070. The first-order valence-corrected chi connectivity index (χ1v) is 33.8. The van der Waals surface area contributed by atoms with E-state index in [-0.39, 0.29) is 25.9 Å². The molecule has 0 spiro atoms. The Hall–Kier alpha value is -5.40. The molecule has 87 heavy (non-hydrogen) atoms. The molecular weight excluding hydrogens is 1090 g/mol. The standard InChI is InChI=1S/C75H118O12/c1-4-7-10-13-16-19-22-25-28-31-34-37-40-43-46-49-52-55-58-61-67(76)83-64-66(85-68(77)62-59-56-53-50-47-44-41-38-35-32-29-26-23-20-17-14-11-8-5-2)65-84-75-73(71(80)70(79)72(87-75)74(81)82)86-69(78)63-60-57-54-51-48-45-42-39-36-33-30-27-24-21-18-15-12-9-6-3/h7-8,10-11,16-21,25-30,34-39,43,46,66,70-73,75,79-80H,4-6,9,12-15,22-24,31-33,40-42,44-45,47-65H2,1-3H3,(H,81,82)/b10-7-,11-8-,19-16-,20-17-,21-18-,28-25-,29-26-,30-27-,37-34-,38-35-,39-36-,46-43-. The van der Waals surface area contributed by atoms with Gasteiger partial charge in [-0.3, -0.25) is 14.4 Å². The second kappa shape index (κ2) is 60.9. The summed E-state index contributed by atoms with van der Waals surface area (Å²) in [6, 6.07) is 0. The lowest BCUT2D eigenvalue weighted by molar-refractivity contribution is -0.301. The number of hydrogen-bond donors (Lipinski definition) is 3. The van der Waals surface area contributed by atoms with Crippen LogP contribution in [0.15, 0.2) is 146 Å². The summed E-state index contributed by atoms with van der Waals surface area (Å²) >= 11 is 0. The van der Waals surface area contributed by atoms with Crippen molar-refractivity contribution in [1.29, 1.82) is 0 Å². The van der Waals surface area contributed by atoms with Gasteiger partial charge in [0.2, 0.25) is 0 Å². The van der Waals surface area contributed by atoms with Gasteiger partial charge in [-0.05, 0) is 141 Å². The molecule has 0 aromatic rings. The fourth-order valence-electron chi connectivity index (χ4n) is 9.27. The fraction of sp³-hybridized carbons (Fsp3) is 0.627. The van der Waals surface area contributed by atoms with Crippen LogP contribution in [0.3, 0.4) is 0 Å². The number of rotatable bonds is 56. The maximum absolute atomic E-state index is 13.2. The SMILES string of the molecule is CC/C=C\C/C=C\C/C=C\C/C=C\C/C=C\CCCCCC(=O)OCC(COC1OC(C(=O)O)C(O)C(O)C1OC(=O)CCCCCCCC/C=C\C/C=C\C/C=C\CCCCC)OC(=O)CCCCCCCC/C=C\C/C=C\C/C=C\C/C=C\CC. The van der Waals surface area contributed by atoms with E-state index in [1.54, 1.807) is 0 Å². The number of esters is 3. The molecule has 6 atom stereocenters. The topological polar surface area (TPSA) is 175 Å². The zero-order valence-corrected chi connectivity index (χ0v) is 54.2. The number of aliphatic carboxylic acids is 1. The van der Waals surface area contributed by atoms with Gasteiger partial charge in [-0.25, -0.2) is 4.79 Å². The number of aliphatic hydroxyl groups is 2. The molecule has 1 heterocycles. The number of carbonyl (C=O) groups excluding carboxylic acids is 3. The molecule has 12 nitrogen and oxygen atoms in total. The molecule has 6 unspecified atom stereocenters.